The number of pyridine rings is 1. The molecule has 0 bridgehead atoms. The average molecular weight is 280 g/mol. The minimum absolute atomic E-state index is 0.141. The van der Waals surface area contributed by atoms with E-state index >= 15 is 0 Å². The zero-order valence-electron chi connectivity index (χ0n) is 8.62. The van der Waals surface area contributed by atoms with Crippen LogP contribution in [0.15, 0.2) is 22.3 Å². The average Bonchev–Trinajstić information content (AvgIpc) is 2.64. The molecule has 0 saturated carbocycles. The van der Waals surface area contributed by atoms with Gasteiger partial charge in [-0.15, -0.1) is 11.3 Å². The zero-order valence-corrected chi connectivity index (χ0v) is 9.43. The first kappa shape index (κ1) is 14.0. The van der Waals surface area contributed by atoms with Crippen molar-refractivity contribution in [2.24, 2.45) is 0 Å². The van der Waals surface area contributed by atoms with E-state index in [0.717, 1.165) is 10.2 Å². The minimum Gasteiger partial charge on any atom is -0.475 e. The molecule has 5 nitrogen and oxygen atoms in total. The van der Waals surface area contributed by atoms with Crippen molar-refractivity contribution >= 4 is 33.2 Å². The van der Waals surface area contributed by atoms with Crippen LogP contribution < -0.4 is 11.3 Å². The Balaban J connectivity index is 0.000000203. The van der Waals surface area contributed by atoms with Crippen LogP contribution in [0.5, 0.6) is 0 Å². The Morgan fingerprint density at radius 2 is 2.00 bits per heavy atom. The number of aliphatic carboxylic acids is 1. The van der Waals surface area contributed by atoms with E-state index in [1.165, 1.54) is 17.4 Å². The predicted octanol–water partition coefficient (Wildman–Crippen LogP) is 1.81. The van der Waals surface area contributed by atoms with E-state index in [1.807, 2.05) is 11.4 Å². The van der Waals surface area contributed by atoms with Crippen molar-refractivity contribution in [2.75, 3.05) is 5.73 Å². The Labute approximate surface area is 102 Å². The molecule has 9 heteroatoms. The molecule has 18 heavy (non-hydrogen) atoms. The van der Waals surface area contributed by atoms with Gasteiger partial charge >= 0.3 is 12.1 Å². The number of halogens is 3. The number of anilines is 1. The van der Waals surface area contributed by atoms with Crippen molar-refractivity contribution in [1.82, 2.24) is 4.98 Å². The number of aromatic amines is 1. The second-order valence-electron chi connectivity index (χ2n) is 3.06. The molecule has 2 aromatic rings. The Bertz CT molecular complexity index is 617. The van der Waals surface area contributed by atoms with Gasteiger partial charge in [0.2, 0.25) is 0 Å². The molecular weight excluding hydrogens is 273 g/mol. The van der Waals surface area contributed by atoms with Crippen molar-refractivity contribution in [1.29, 1.82) is 0 Å². The third kappa shape index (κ3) is 3.48. The summed E-state index contributed by atoms with van der Waals surface area (Å²) in [6.45, 7) is 0. The smallest absolute Gasteiger partial charge is 0.475 e. The molecule has 2 rings (SSSR count). The standard InChI is InChI=1S/C7H6N2OS.C2HF3O2/c8-5-3-6(10)9-7-4(5)1-2-11-7;3-2(4,5)1(6)7/h1-3H,(H3,8,9,10);(H,6,7). The van der Waals surface area contributed by atoms with E-state index in [-0.39, 0.29) is 5.56 Å². The maximum absolute atomic E-state index is 10.9. The maximum atomic E-state index is 10.9. The molecule has 0 fully saturated rings. The van der Waals surface area contributed by atoms with E-state index in [0.29, 0.717) is 5.69 Å². The van der Waals surface area contributed by atoms with Gasteiger partial charge in [0.15, 0.2) is 0 Å². The number of nitrogens with one attached hydrogen (secondary N) is 1. The van der Waals surface area contributed by atoms with Crippen molar-refractivity contribution in [3.63, 3.8) is 0 Å². The molecule has 0 atom stereocenters. The first-order valence-corrected chi connectivity index (χ1v) is 5.26. The number of fused-ring (bicyclic) bond motifs is 1. The molecule has 0 aliphatic heterocycles. The largest absolute Gasteiger partial charge is 0.490 e. The second-order valence-corrected chi connectivity index (χ2v) is 3.97. The SMILES string of the molecule is Nc1cc(=O)[nH]c2sccc12.O=C(O)C(F)(F)F. The van der Waals surface area contributed by atoms with Crippen molar-refractivity contribution in [2.45, 2.75) is 6.18 Å². The van der Waals surface area contributed by atoms with Crippen molar-refractivity contribution in [3.8, 4) is 0 Å². The number of nitrogen functional groups attached to an aromatic ring is 1. The van der Waals surface area contributed by atoms with Gasteiger partial charge < -0.3 is 15.8 Å². The summed E-state index contributed by atoms with van der Waals surface area (Å²) < 4.78 is 31.7. The highest BCUT2D eigenvalue weighted by Crippen LogP contribution is 2.21. The van der Waals surface area contributed by atoms with Crippen LogP contribution in [0.4, 0.5) is 18.9 Å². The lowest BCUT2D eigenvalue weighted by atomic mass is 10.3. The fourth-order valence-electron chi connectivity index (χ4n) is 1.00. The molecule has 0 aliphatic carbocycles. The summed E-state index contributed by atoms with van der Waals surface area (Å²) in [4.78, 5) is 23.3. The van der Waals surface area contributed by atoms with Crippen molar-refractivity contribution < 1.29 is 23.1 Å². The van der Waals surface area contributed by atoms with Gasteiger partial charge in [-0.1, -0.05) is 0 Å². The predicted molar refractivity (Wildman–Crippen MR) is 60.5 cm³/mol. The van der Waals surface area contributed by atoms with Crippen LogP contribution in [-0.4, -0.2) is 22.2 Å². The molecule has 0 aromatic carbocycles. The van der Waals surface area contributed by atoms with Gasteiger partial charge in [0.05, 0.1) is 0 Å². The summed E-state index contributed by atoms with van der Waals surface area (Å²) in [5.74, 6) is -2.76. The number of hydrogen-bond acceptors (Lipinski definition) is 4. The van der Waals surface area contributed by atoms with Crippen LogP contribution in [0.25, 0.3) is 10.2 Å². The number of nitrogens with two attached hydrogens (primary N) is 1. The fourth-order valence-corrected chi connectivity index (χ4v) is 1.81. The van der Waals surface area contributed by atoms with Crippen LogP contribution in [-0.2, 0) is 4.79 Å². The third-order valence-corrected chi connectivity index (χ3v) is 2.57. The van der Waals surface area contributed by atoms with Crippen LogP contribution in [0, 0.1) is 0 Å². The normalized spacial score (nSPS) is 10.8. The number of alkyl halides is 3. The molecule has 2 heterocycles. The van der Waals surface area contributed by atoms with Crippen LogP contribution in [0.1, 0.15) is 0 Å². The maximum Gasteiger partial charge on any atom is 0.490 e. The summed E-state index contributed by atoms with van der Waals surface area (Å²) in [6, 6.07) is 3.29. The topological polar surface area (TPSA) is 96.2 Å². The van der Waals surface area contributed by atoms with Crippen LogP contribution >= 0.6 is 11.3 Å². The lowest BCUT2D eigenvalue weighted by molar-refractivity contribution is -0.192. The summed E-state index contributed by atoms with van der Waals surface area (Å²) in [5.41, 5.74) is 5.99. The summed E-state index contributed by atoms with van der Waals surface area (Å²) in [6.07, 6.45) is -5.08. The summed E-state index contributed by atoms with van der Waals surface area (Å²) >= 11 is 1.48. The van der Waals surface area contributed by atoms with E-state index in [4.69, 9.17) is 15.6 Å². The number of carbonyl (C=O) groups is 1. The van der Waals surface area contributed by atoms with Gasteiger partial charge in [0.1, 0.15) is 4.83 Å². The Kier molecular flexibility index (Phi) is 3.96. The van der Waals surface area contributed by atoms with E-state index in [1.54, 1.807) is 0 Å². The van der Waals surface area contributed by atoms with Crippen LogP contribution in [0.2, 0.25) is 0 Å². The van der Waals surface area contributed by atoms with Gasteiger partial charge in [-0.2, -0.15) is 13.2 Å². The Morgan fingerprint density at radius 3 is 2.50 bits per heavy atom. The molecule has 0 saturated heterocycles. The van der Waals surface area contributed by atoms with Gasteiger partial charge in [0, 0.05) is 17.1 Å². The molecule has 0 unspecified atom stereocenters. The third-order valence-electron chi connectivity index (χ3n) is 1.74. The molecule has 0 amide bonds. The molecular formula is C9H7F3N2O3S. The van der Waals surface area contributed by atoms with Gasteiger partial charge in [-0.3, -0.25) is 4.79 Å². The minimum atomic E-state index is -5.08. The molecule has 0 aliphatic rings. The first-order valence-electron chi connectivity index (χ1n) is 4.38. The van der Waals surface area contributed by atoms with E-state index in [9.17, 15) is 18.0 Å². The molecule has 0 spiro atoms. The number of hydrogen-bond donors (Lipinski definition) is 3. The fraction of sp³-hybridized carbons (Fsp3) is 0.111. The highest BCUT2D eigenvalue weighted by molar-refractivity contribution is 7.16. The molecule has 98 valence electrons. The number of carboxylic acids is 1. The summed E-state index contributed by atoms with van der Waals surface area (Å²) in [5, 5.41) is 9.95. The Morgan fingerprint density at radius 1 is 1.44 bits per heavy atom. The number of aromatic nitrogens is 1. The van der Waals surface area contributed by atoms with E-state index < -0.39 is 12.1 Å². The van der Waals surface area contributed by atoms with Gasteiger partial charge in [-0.25, -0.2) is 4.79 Å². The lowest BCUT2D eigenvalue weighted by Crippen LogP contribution is -2.21. The molecule has 0 radical (unpaired) electrons. The summed E-state index contributed by atoms with van der Waals surface area (Å²) in [7, 11) is 0. The molecule has 4 N–H and O–H groups in total. The van der Waals surface area contributed by atoms with Crippen molar-refractivity contribution in [3.05, 3.63) is 27.9 Å². The van der Waals surface area contributed by atoms with E-state index in [2.05, 4.69) is 4.98 Å². The lowest BCUT2D eigenvalue weighted by Gasteiger charge is -1.93. The highest BCUT2D eigenvalue weighted by Gasteiger charge is 2.38. The Hall–Kier alpha value is -2.03. The number of thiophene rings is 1. The number of H-pyrrole nitrogens is 1. The first-order chi connectivity index (χ1) is 8.21. The second kappa shape index (κ2) is 5.08. The van der Waals surface area contributed by atoms with Gasteiger partial charge in [0.25, 0.3) is 5.56 Å². The quantitative estimate of drug-likeness (QED) is 0.685. The highest BCUT2D eigenvalue weighted by atomic mass is 32.1. The zero-order chi connectivity index (χ0) is 13.9. The monoisotopic (exact) mass is 280 g/mol. The van der Waals surface area contributed by atoms with Crippen LogP contribution in [0.3, 0.4) is 0 Å². The molecule has 2 aromatic heterocycles. The van der Waals surface area contributed by atoms with Gasteiger partial charge in [-0.05, 0) is 11.4 Å². The number of carboxylic acid groups (broad SMARTS) is 1. The number of rotatable bonds is 0.